The van der Waals surface area contributed by atoms with Crippen LogP contribution in [0.1, 0.15) is 44.8 Å². The maximum Gasteiger partial charge on any atom is 0.240 e. The van der Waals surface area contributed by atoms with Crippen LogP contribution in [0.2, 0.25) is 0 Å². The molecule has 1 saturated heterocycles. The van der Waals surface area contributed by atoms with Crippen molar-refractivity contribution in [2.75, 3.05) is 19.6 Å². The van der Waals surface area contributed by atoms with E-state index in [0.717, 1.165) is 44.3 Å². The van der Waals surface area contributed by atoms with E-state index in [9.17, 15) is 0 Å². The van der Waals surface area contributed by atoms with Crippen molar-refractivity contribution in [2.24, 2.45) is 11.1 Å². The minimum atomic E-state index is 0. The van der Waals surface area contributed by atoms with Gasteiger partial charge in [0.05, 0.1) is 6.54 Å². The Balaban J connectivity index is 0.00000162. The first-order valence-corrected chi connectivity index (χ1v) is 6.27. The number of nitrogens with zero attached hydrogens (tertiary/aromatic N) is 3. The van der Waals surface area contributed by atoms with Crippen LogP contribution in [-0.4, -0.2) is 34.7 Å². The molecule has 1 aliphatic heterocycles. The summed E-state index contributed by atoms with van der Waals surface area (Å²) < 4.78 is 5.26. The van der Waals surface area contributed by atoms with Crippen molar-refractivity contribution in [1.29, 1.82) is 0 Å². The number of aromatic nitrogens is 2. The molecule has 18 heavy (non-hydrogen) atoms. The van der Waals surface area contributed by atoms with Crippen molar-refractivity contribution < 1.29 is 4.52 Å². The van der Waals surface area contributed by atoms with Crippen molar-refractivity contribution >= 4 is 12.4 Å². The smallest absolute Gasteiger partial charge is 0.240 e. The number of hydrogen-bond acceptors (Lipinski definition) is 5. The molecule has 5 nitrogen and oxygen atoms in total. The number of halogens is 1. The van der Waals surface area contributed by atoms with Crippen LogP contribution in [0.15, 0.2) is 4.52 Å². The fraction of sp³-hybridized carbons (Fsp3) is 0.833. The predicted molar refractivity (Wildman–Crippen MR) is 72.7 cm³/mol. The molecule has 1 atom stereocenters. The van der Waals surface area contributed by atoms with Crippen molar-refractivity contribution in [1.82, 2.24) is 15.0 Å². The summed E-state index contributed by atoms with van der Waals surface area (Å²) in [6, 6.07) is 0. The van der Waals surface area contributed by atoms with Crippen molar-refractivity contribution in [3.8, 4) is 0 Å². The Morgan fingerprint density at radius 1 is 1.50 bits per heavy atom. The van der Waals surface area contributed by atoms with Gasteiger partial charge in [0, 0.05) is 12.5 Å². The first-order chi connectivity index (χ1) is 8.02. The summed E-state index contributed by atoms with van der Waals surface area (Å²) >= 11 is 0. The van der Waals surface area contributed by atoms with Crippen LogP contribution in [0, 0.1) is 5.41 Å². The molecule has 0 aromatic carbocycles. The van der Waals surface area contributed by atoms with Gasteiger partial charge in [-0.1, -0.05) is 25.9 Å². The highest BCUT2D eigenvalue weighted by atomic mass is 35.5. The molecule has 0 bridgehead atoms. The highest BCUT2D eigenvalue weighted by molar-refractivity contribution is 5.85. The molecule has 2 heterocycles. The molecule has 0 amide bonds. The van der Waals surface area contributed by atoms with Gasteiger partial charge < -0.3 is 10.3 Å². The molecular weight excluding hydrogens is 252 g/mol. The van der Waals surface area contributed by atoms with Gasteiger partial charge in [0.1, 0.15) is 0 Å². The van der Waals surface area contributed by atoms with Gasteiger partial charge >= 0.3 is 0 Å². The Morgan fingerprint density at radius 3 is 2.72 bits per heavy atom. The van der Waals surface area contributed by atoms with E-state index in [1.54, 1.807) is 0 Å². The number of rotatable bonds is 4. The largest absolute Gasteiger partial charge is 0.338 e. The van der Waals surface area contributed by atoms with E-state index < -0.39 is 0 Å². The molecule has 6 heteroatoms. The summed E-state index contributed by atoms with van der Waals surface area (Å²) in [7, 11) is 0. The molecule has 0 spiro atoms. The standard InChI is InChI=1S/C12H22N4O.ClH/c1-9(2)11-14-10(17-15-11)6-16-5-4-12(3,7-13)8-16;/h9H,4-8,13H2,1-3H3;1H. The molecule has 0 aliphatic carbocycles. The highest BCUT2D eigenvalue weighted by Gasteiger charge is 2.33. The number of likely N-dealkylation sites (tertiary alicyclic amines) is 1. The first kappa shape index (κ1) is 15.4. The number of hydrogen-bond donors (Lipinski definition) is 1. The quantitative estimate of drug-likeness (QED) is 0.907. The second-order valence-corrected chi connectivity index (χ2v) is 5.68. The van der Waals surface area contributed by atoms with Gasteiger partial charge in [-0.05, 0) is 24.9 Å². The van der Waals surface area contributed by atoms with E-state index in [-0.39, 0.29) is 17.8 Å². The number of nitrogens with two attached hydrogens (primary N) is 1. The molecule has 104 valence electrons. The molecule has 0 radical (unpaired) electrons. The van der Waals surface area contributed by atoms with Crippen molar-refractivity contribution in [3.05, 3.63) is 11.7 Å². The maximum absolute atomic E-state index is 5.79. The lowest BCUT2D eigenvalue weighted by Gasteiger charge is -2.21. The van der Waals surface area contributed by atoms with E-state index in [1.165, 1.54) is 0 Å². The molecule has 1 aromatic heterocycles. The van der Waals surface area contributed by atoms with Gasteiger partial charge in [-0.25, -0.2) is 0 Å². The van der Waals surface area contributed by atoms with Crippen LogP contribution < -0.4 is 5.73 Å². The third kappa shape index (κ3) is 3.43. The van der Waals surface area contributed by atoms with Crippen LogP contribution in [0.3, 0.4) is 0 Å². The third-order valence-electron chi connectivity index (χ3n) is 3.49. The van der Waals surface area contributed by atoms with Crippen molar-refractivity contribution in [3.63, 3.8) is 0 Å². The van der Waals surface area contributed by atoms with Crippen LogP contribution in [0.4, 0.5) is 0 Å². The Labute approximate surface area is 115 Å². The Bertz CT molecular complexity index is 382. The predicted octanol–water partition coefficient (Wildman–Crippen LogP) is 1.79. The van der Waals surface area contributed by atoms with Gasteiger partial charge in [0.2, 0.25) is 5.89 Å². The summed E-state index contributed by atoms with van der Waals surface area (Å²) in [6.45, 7) is 9.93. The van der Waals surface area contributed by atoms with E-state index in [2.05, 4.69) is 35.8 Å². The zero-order valence-corrected chi connectivity index (χ0v) is 12.2. The monoisotopic (exact) mass is 274 g/mol. The van der Waals surface area contributed by atoms with Gasteiger partial charge in [0.25, 0.3) is 0 Å². The highest BCUT2D eigenvalue weighted by Crippen LogP contribution is 2.29. The first-order valence-electron chi connectivity index (χ1n) is 6.27. The van der Waals surface area contributed by atoms with E-state index in [1.807, 2.05) is 0 Å². The molecule has 1 unspecified atom stereocenters. The SMILES string of the molecule is CC(C)c1noc(CN2CCC(C)(CN)C2)n1.Cl. The maximum atomic E-state index is 5.79. The van der Waals surface area contributed by atoms with Gasteiger partial charge in [-0.3, -0.25) is 4.90 Å². The summed E-state index contributed by atoms with van der Waals surface area (Å²) in [5.74, 6) is 1.83. The molecular formula is C12H23ClN4O. The zero-order valence-electron chi connectivity index (χ0n) is 11.3. The van der Waals surface area contributed by atoms with Gasteiger partial charge in [-0.2, -0.15) is 4.98 Å². The molecule has 1 aliphatic rings. The Kier molecular flexibility index (Phi) is 5.13. The lowest BCUT2D eigenvalue weighted by Crippen LogP contribution is -2.31. The van der Waals surface area contributed by atoms with Crippen LogP contribution in [-0.2, 0) is 6.54 Å². The summed E-state index contributed by atoms with van der Waals surface area (Å²) in [5.41, 5.74) is 6.04. The Hall–Kier alpha value is -0.650. The normalized spacial score (nSPS) is 24.5. The van der Waals surface area contributed by atoms with Gasteiger partial charge in [-0.15, -0.1) is 12.4 Å². The van der Waals surface area contributed by atoms with Gasteiger partial charge in [0.15, 0.2) is 5.82 Å². The second kappa shape index (κ2) is 5.99. The van der Waals surface area contributed by atoms with Crippen molar-refractivity contribution in [2.45, 2.75) is 39.7 Å². The molecule has 2 N–H and O–H groups in total. The molecule has 1 aromatic rings. The molecule has 1 fully saturated rings. The fourth-order valence-electron chi connectivity index (χ4n) is 2.19. The second-order valence-electron chi connectivity index (χ2n) is 5.68. The van der Waals surface area contributed by atoms with Crippen LogP contribution in [0.5, 0.6) is 0 Å². The zero-order chi connectivity index (χ0) is 12.5. The summed E-state index contributed by atoms with van der Waals surface area (Å²) in [5, 5.41) is 3.98. The van der Waals surface area contributed by atoms with E-state index >= 15 is 0 Å². The lowest BCUT2D eigenvalue weighted by molar-refractivity contribution is 0.238. The summed E-state index contributed by atoms with van der Waals surface area (Å²) in [4.78, 5) is 6.73. The minimum absolute atomic E-state index is 0. The Morgan fingerprint density at radius 2 is 2.22 bits per heavy atom. The average molecular weight is 275 g/mol. The fourth-order valence-corrected chi connectivity index (χ4v) is 2.19. The molecule has 0 saturated carbocycles. The van der Waals surface area contributed by atoms with E-state index in [0.29, 0.717) is 5.92 Å². The molecule has 2 rings (SSSR count). The third-order valence-corrected chi connectivity index (χ3v) is 3.49. The van der Waals surface area contributed by atoms with Crippen LogP contribution in [0.25, 0.3) is 0 Å². The summed E-state index contributed by atoms with van der Waals surface area (Å²) in [6.07, 6.45) is 1.15. The lowest BCUT2D eigenvalue weighted by atomic mass is 9.90. The van der Waals surface area contributed by atoms with E-state index in [4.69, 9.17) is 10.3 Å². The average Bonchev–Trinajstić information content (AvgIpc) is 2.87. The van der Waals surface area contributed by atoms with Crippen LogP contribution >= 0.6 is 12.4 Å². The topological polar surface area (TPSA) is 68.2 Å². The minimum Gasteiger partial charge on any atom is -0.338 e.